The molecule has 0 saturated carbocycles. The molecule has 1 aliphatic heterocycles. The van der Waals surface area contributed by atoms with Crippen molar-refractivity contribution in [1.82, 2.24) is 0 Å². The van der Waals surface area contributed by atoms with Crippen LogP contribution in [0.5, 0.6) is 0 Å². The lowest BCUT2D eigenvalue weighted by Gasteiger charge is -2.30. The molecule has 7 nitrogen and oxygen atoms in total. The van der Waals surface area contributed by atoms with E-state index in [0.717, 1.165) is 0 Å². The van der Waals surface area contributed by atoms with Crippen molar-refractivity contribution in [3.63, 3.8) is 0 Å². The first-order valence-corrected chi connectivity index (χ1v) is 5.03. The highest BCUT2D eigenvalue weighted by Gasteiger charge is 2.30. The molecule has 0 radical (unpaired) electrons. The van der Waals surface area contributed by atoms with Gasteiger partial charge < -0.3 is 14.2 Å². The van der Waals surface area contributed by atoms with Crippen LogP contribution in [0.2, 0.25) is 0 Å². The quantitative estimate of drug-likeness (QED) is 0.411. The average molecular weight is 245 g/mol. The summed E-state index contributed by atoms with van der Waals surface area (Å²) in [6, 6.07) is 0. The van der Waals surface area contributed by atoms with Gasteiger partial charge in [-0.1, -0.05) is 0 Å². The van der Waals surface area contributed by atoms with Crippen LogP contribution in [0.3, 0.4) is 0 Å². The fraction of sp³-hybridized carbons (Fsp3) is 0.600. The molecule has 96 valence electrons. The van der Waals surface area contributed by atoms with Crippen molar-refractivity contribution in [3.05, 3.63) is 12.2 Å². The Hall–Kier alpha value is -1.44. The summed E-state index contributed by atoms with van der Waals surface area (Å²) in [5, 5.41) is 0. The zero-order chi connectivity index (χ0) is 12.8. The van der Waals surface area contributed by atoms with Gasteiger partial charge in [0, 0.05) is 13.8 Å². The van der Waals surface area contributed by atoms with Crippen LogP contribution in [0, 0.1) is 0 Å². The lowest BCUT2D eigenvalue weighted by Crippen LogP contribution is -2.42. The molecule has 1 aliphatic rings. The summed E-state index contributed by atoms with van der Waals surface area (Å²) < 4.78 is 15.1. The molecule has 7 heteroatoms. The Balaban J connectivity index is 2.62. The fourth-order valence-corrected chi connectivity index (χ4v) is 1.34. The number of carbonyl (C=O) groups excluding carboxylic acids is 2. The zero-order valence-corrected chi connectivity index (χ0v) is 9.62. The standard InChI is InChI=1S/C10H15NO6/c1-6(12)14-5-9-8(15-7(2)13)3-4-10(16-9)17-11/h3-4,8-10H,5,11H2,1-2H3/t8-,9+,10+/m0/s1. The van der Waals surface area contributed by atoms with Gasteiger partial charge in [-0.2, -0.15) is 0 Å². The number of esters is 2. The van der Waals surface area contributed by atoms with Crippen molar-refractivity contribution >= 4 is 11.9 Å². The lowest BCUT2D eigenvalue weighted by atomic mass is 10.1. The largest absolute Gasteiger partial charge is 0.463 e. The van der Waals surface area contributed by atoms with E-state index >= 15 is 0 Å². The Labute approximate surface area is 98.4 Å². The van der Waals surface area contributed by atoms with Crippen LogP contribution >= 0.6 is 0 Å². The van der Waals surface area contributed by atoms with Crippen molar-refractivity contribution < 1.29 is 28.6 Å². The molecule has 0 spiro atoms. The number of nitrogens with two attached hydrogens (primary N) is 1. The summed E-state index contributed by atoms with van der Waals surface area (Å²) in [5.41, 5.74) is 0. The highest BCUT2D eigenvalue weighted by atomic mass is 16.8. The molecular weight excluding hydrogens is 230 g/mol. The third-order valence-corrected chi connectivity index (χ3v) is 2.02. The van der Waals surface area contributed by atoms with Crippen LogP contribution in [0.4, 0.5) is 0 Å². The predicted octanol–water partition coefficient (Wildman–Crippen LogP) is -0.347. The van der Waals surface area contributed by atoms with E-state index in [1.165, 1.54) is 19.9 Å². The molecule has 0 amide bonds. The Morgan fingerprint density at radius 1 is 1.29 bits per heavy atom. The SMILES string of the molecule is CC(=O)OC[C@H]1O[C@H](ON)C=C[C@@H]1OC(C)=O. The summed E-state index contributed by atoms with van der Waals surface area (Å²) in [5.74, 6) is 4.07. The number of rotatable bonds is 4. The molecular formula is C10H15NO6. The summed E-state index contributed by atoms with van der Waals surface area (Å²) in [6.07, 6.45) is 1.08. The van der Waals surface area contributed by atoms with Crippen molar-refractivity contribution in [2.24, 2.45) is 5.90 Å². The van der Waals surface area contributed by atoms with Gasteiger partial charge in [0.15, 0.2) is 6.29 Å². The third kappa shape index (κ3) is 4.51. The molecule has 0 saturated heterocycles. The van der Waals surface area contributed by atoms with E-state index < -0.39 is 30.4 Å². The van der Waals surface area contributed by atoms with Crippen LogP contribution in [0.15, 0.2) is 12.2 Å². The van der Waals surface area contributed by atoms with E-state index in [9.17, 15) is 9.59 Å². The van der Waals surface area contributed by atoms with E-state index in [2.05, 4.69) is 4.84 Å². The minimum atomic E-state index is -0.748. The van der Waals surface area contributed by atoms with E-state index in [0.29, 0.717) is 0 Å². The first kappa shape index (κ1) is 13.6. The highest BCUT2D eigenvalue weighted by Crippen LogP contribution is 2.16. The van der Waals surface area contributed by atoms with E-state index in [-0.39, 0.29) is 6.61 Å². The molecule has 3 atom stereocenters. The van der Waals surface area contributed by atoms with Gasteiger partial charge >= 0.3 is 11.9 Å². The summed E-state index contributed by atoms with van der Waals surface area (Å²) in [7, 11) is 0. The number of hydrogen-bond acceptors (Lipinski definition) is 7. The second-order valence-corrected chi connectivity index (χ2v) is 3.44. The van der Waals surface area contributed by atoms with Crippen LogP contribution < -0.4 is 5.90 Å². The Morgan fingerprint density at radius 2 is 2.00 bits per heavy atom. The topological polar surface area (TPSA) is 97.1 Å². The normalized spacial score (nSPS) is 27.6. The maximum absolute atomic E-state index is 10.9. The molecule has 0 aromatic carbocycles. The van der Waals surface area contributed by atoms with Crippen molar-refractivity contribution in [2.45, 2.75) is 32.3 Å². The first-order valence-electron chi connectivity index (χ1n) is 5.03. The van der Waals surface area contributed by atoms with Crippen molar-refractivity contribution in [1.29, 1.82) is 0 Å². The number of hydrogen-bond donors (Lipinski definition) is 1. The monoisotopic (exact) mass is 245 g/mol. The van der Waals surface area contributed by atoms with E-state index in [1.54, 1.807) is 6.08 Å². The number of ether oxygens (including phenoxy) is 3. The molecule has 0 bridgehead atoms. The van der Waals surface area contributed by atoms with Crippen LogP contribution in [0.25, 0.3) is 0 Å². The van der Waals surface area contributed by atoms with Gasteiger partial charge in [0.05, 0.1) is 0 Å². The van der Waals surface area contributed by atoms with Gasteiger partial charge in [0.2, 0.25) is 0 Å². The minimum Gasteiger partial charge on any atom is -0.463 e. The van der Waals surface area contributed by atoms with Gasteiger partial charge in [-0.25, -0.2) is 5.90 Å². The summed E-state index contributed by atoms with van der Waals surface area (Å²) in [6.45, 7) is 2.51. The molecule has 17 heavy (non-hydrogen) atoms. The Bertz CT molecular complexity index is 316. The van der Waals surface area contributed by atoms with Crippen LogP contribution in [-0.4, -0.2) is 37.0 Å². The van der Waals surface area contributed by atoms with Gasteiger partial charge in [0.1, 0.15) is 18.8 Å². The molecule has 1 rings (SSSR count). The summed E-state index contributed by atoms with van der Waals surface area (Å²) >= 11 is 0. The average Bonchev–Trinajstić information content (AvgIpc) is 2.27. The smallest absolute Gasteiger partial charge is 0.303 e. The zero-order valence-electron chi connectivity index (χ0n) is 9.62. The molecule has 0 fully saturated rings. The molecule has 1 heterocycles. The van der Waals surface area contributed by atoms with Gasteiger partial charge in [-0.05, 0) is 12.2 Å². The first-order chi connectivity index (χ1) is 8.02. The van der Waals surface area contributed by atoms with Crippen molar-refractivity contribution in [2.75, 3.05) is 6.61 Å². The minimum absolute atomic E-state index is 0.0442. The lowest BCUT2D eigenvalue weighted by molar-refractivity contribution is -0.198. The highest BCUT2D eigenvalue weighted by molar-refractivity contribution is 5.66. The van der Waals surface area contributed by atoms with Gasteiger partial charge in [0.25, 0.3) is 0 Å². The van der Waals surface area contributed by atoms with Crippen LogP contribution in [0.1, 0.15) is 13.8 Å². The van der Waals surface area contributed by atoms with Crippen LogP contribution in [-0.2, 0) is 28.6 Å². The predicted molar refractivity (Wildman–Crippen MR) is 55.3 cm³/mol. The number of carbonyl (C=O) groups is 2. The Morgan fingerprint density at radius 3 is 2.53 bits per heavy atom. The maximum atomic E-state index is 10.9. The maximum Gasteiger partial charge on any atom is 0.303 e. The third-order valence-electron chi connectivity index (χ3n) is 2.02. The molecule has 2 N–H and O–H groups in total. The molecule has 0 unspecified atom stereocenters. The molecule has 0 aromatic heterocycles. The van der Waals surface area contributed by atoms with E-state index in [1.807, 2.05) is 0 Å². The fourth-order valence-electron chi connectivity index (χ4n) is 1.34. The molecule has 0 aromatic rings. The Kier molecular flexibility index (Phi) is 5.08. The second-order valence-electron chi connectivity index (χ2n) is 3.44. The van der Waals surface area contributed by atoms with E-state index in [4.69, 9.17) is 20.1 Å². The van der Waals surface area contributed by atoms with Gasteiger partial charge in [-0.15, -0.1) is 0 Å². The summed E-state index contributed by atoms with van der Waals surface area (Å²) in [4.78, 5) is 26.1. The molecule has 0 aliphatic carbocycles. The second kappa shape index (κ2) is 6.33. The van der Waals surface area contributed by atoms with Crippen molar-refractivity contribution in [3.8, 4) is 0 Å². The van der Waals surface area contributed by atoms with Gasteiger partial charge in [-0.3, -0.25) is 14.4 Å².